The Morgan fingerprint density at radius 1 is 1.29 bits per heavy atom. The van der Waals surface area contributed by atoms with Crippen molar-refractivity contribution in [3.05, 3.63) is 73.9 Å². The van der Waals surface area contributed by atoms with Crippen molar-refractivity contribution < 1.29 is 33.8 Å². The van der Waals surface area contributed by atoms with Gasteiger partial charge in [0.15, 0.2) is 17.7 Å². The predicted molar refractivity (Wildman–Crippen MR) is 137 cm³/mol. The minimum Gasteiger partial charge on any atom is -0.490 e. The summed E-state index contributed by atoms with van der Waals surface area (Å²) in [5.74, 6) is 0.0147. The molecule has 2 aromatic rings. The maximum Gasteiger partial charge on any atom is 0.337 e. The summed E-state index contributed by atoms with van der Waals surface area (Å²) in [6, 6.07) is 7.48. The molecule has 2 atom stereocenters. The fraction of sp³-hybridized carbons (Fsp3) is 0.292. The minimum atomic E-state index is -1.25. The lowest BCUT2D eigenvalue weighted by molar-refractivity contribution is -0.384. The van der Waals surface area contributed by atoms with E-state index in [9.17, 15) is 24.8 Å². The van der Waals surface area contributed by atoms with Crippen LogP contribution in [0.3, 0.4) is 0 Å². The van der Waals surface area contributed by atoms with Crippen LogP contribution in [0.4, 0.5) is 10.5 Å². The number of rotatable bonds is 11. The van der Waals surface area contributed by atoms with E-state index >= 15 is 0 Å². The van der Waals surface area contributed by atoms with Crippen LogP contribution in [-0.4, -0.2) is 54.8 Å². The minimum absolute atomic E-state index is 0.153. The second-order valence-corrected chi connectivity index (χ2v) is 8.29. The van der Waals surface area contributed by atoms with Crippen molar-refractivity contribution >= 4 is 35.5 Å². The molecule has 0 fully saturated rings. The Hall–Kier alpha value is -4.36. The van der Waals surface area contributed by atoms with Crippen LogP contribution in [0.15, 0.2) is 52.8 Å². The number of halogens is 1. The van der Waals surface area contributed by atoms with Gasteiger partial charge in [-0.1, -0.05) is 17.7 Å². The highest BCUT2D eigenvalue weighted by molar-refractivity contribution is 6.33. The van der Waals surface area contributed by atoms with Gasteiger partial charge in [0.2, 0.25) is 0 Å². The van der Waals surface area contributed by atoms with E-state index in [4.69, 9.17) is 25.8 Å². The summed E-state index contributed by atoms with van der Waals surface area (Å²) in [5, 5.41) is 30.5. The van der Waals surface area contributed by atoms with Crippen LogP contribution in [0.1, 0.15) is 31.0 Å². The number of non-ortho nitro benzene ring substituents is 1. The highest BCUT2D eigenvalue weighted by atomic mass is 35.5. The first-order valence-electron chi connectivity index (χ1n) is 11.3. The van der Waals surface area contributed by atoms with Crippen LogP contribution in [0.5, 0.6) is 11.5 Å². The van der Waals surface area contributed by atoms with Crippen molar-refractivity contribution in [2.75, 3.05) is 20.3 Å². The van der Waals surface area contributed by atoms with E-state index < -0.39 is 29.2 Å². The van der Waals surface area contributed by atoms with Gasteiger partial charge < -0.3 is 30.0 Å². The number of amides is 2. The summed E-state index contributed by atoms with van der Waals surface area (Å²) in [6.45, 7) is 3.43. The molecule has 202 valence electrons. The number of urea groups is 1. The topological polar surface area (TPSA) is 174 Å². The van der Waals surface area contributed by atoms with Gasteiger partial charge in [-0.2, -0.15) is 5.10 Å². The molecule has 0 spiro atoms. The molecule has 0 unspecified atom stereocenters. The SMILES string of the molecule is CCOc1cc([C@H]2NC(=O)NC(C)=C2C(=O)OC)ccc1OC[C@H](O)N/N=C\c1cc([N+](=O)[O-])ccc1Cl. The molecule has 1 heterocycles. The van der Waals surface area contributed by atoms with Crippen LogP contribution in [0.25, 0.3) is 0 Å². The number of carbonyl (C=O) groups excluding carboxylic acids is 2. The molecule has 14 heteroatoms. The zero-order chi connectivity index (χ0) is 27.8. The zero-order valence-corrected chi connectivity index (χ0v) is 21.4. The average molecular weight is 548 g/mol. The zero-order valence-electron chi connectivity index (χ0n) is 20.7. The maximum atomic E-state index is 12.4. The lowest BCUT2D eigenvalue weighted by Crippen LogP contribution is -2.45. The average Bonchev–Trinajstić information content (AvgIpc) is 2.88. The van der Waals surface area contributed by atoms with Gasteiger partial charge >= 0.3 is 12.0 Å². The first-order chi connectivity index (χ1) is 18.1. The van der Waals surface area contributed by atoms with Gasteiger partial charge in [0.1, 0.15) is 6.61 Å². The van der Waals surface area contributed by atoms with Crippen LogP contribution in [-0.2, 0) is 9.53 Å². The molecule has 1 aliphatic heterocycles. The lowest BCUT2D eigenvalue weighted by Gasteiger charge is -2.28. The van der Waals surface area contributed by atoms with Crippen molar-refractivity contribution in [1.29, 1.82) is 0 Å². The number of methoxy groups -OCH3 is 1. The molecular formula is C24H26ClN5O8. The van der Waals surface area contributed by atoms with Crippen molar-refractivity contribution in [3.8, 4) is 11.5 Å². The van der Waals surface area contributed by atoms with Crippen LogP contribution in [0, 0.1) is 10.1 Å². The number of esters is 1. The summed E-state index contributed by atoms with van der Waals surface area (Å²) in [5.41, 5.74) is 3.74. The molecule has 2 aromatic carbocycles. The number of nitrogens with one attached hydrogen (secondary N) is 3. The Morgan fingerprint density at radius 2 is 2.05 bits per heavy atom. The van der Waals surface area contributed by atoms with Gasteiger partial charge in [0, 0.05) is 28.4 Å². The summed E-state index contributed by atoms with van der Waals surface area (Å²) >= 11 is 6.03. The largest absolute Gasteiger partial charge is 0.490 e. The molecule has 2 amide bonds. The lowest BCUT2D eigenvalue weighted by atomic mass is 9.95. The van der Waals surface area contributed by atoms with Gasteiger partial charge in [-0.25, -0.2) is 9.59 Å². The van der Waals surface area contributed by atoms with Gasteiger partial charge in [-0.3, -0.25) is 15.5 Å². The van der Waals surface area contributed by atoms with E-state index in [0.717, 1.165) is 0 Å². The maximum absolute atomic E-state index is 12.4. The number of nitro benzene ring substituents is 1. The summed E-state index contributed by atoms with van der Waals surface area (Å²) < 4.78 is 16.2. The second-order valence-electron chi connectivity index (χ2n) is 7.88. The number of nitrogens with zero attached hydrogens (tertiary/aromatic N) is 2. The number of benzene rings is 2. The molecule has 13 nitrogen and oxygen atoms in total. The molecular weight excluding hydrogens is 522 g/mol. The number of aliphatic hydroxyl groups excluding tert-OH is 1. The van der Waals surface area contributed by atoms with Crippen LogP contribution < -0.4 is 25.5 Å². The van der Waals surface area contributed by atoms with E-state index in [1.54, 1.807) is 32.0 Å². The van der Waals surface area contributed by atoms with Gasteiger partial charge in [0.25, 0.3) is 5.69 Å². The third-order valence-electron chi connectivity index (χ3n) is 5.29. The van der Waals surface area contributed by atoms with Crippen LogP contribution in [0.2, 0.25) is 5.02 Å². The Kier molecular flexibility index (Phi) is 9.46. The smallest absolute Gasteiger partial charge is 0.337 e. The van der Waals surface area contributed by atoms with E-state index in [1.807, 2.05) is 0 Å². The van der Waals surface area contributed by atoms with Crippen molar-refractivity contribution in [2.45, 2.75) is 26.1 Å². The normalized spacial score (nSPS) is 15.9. The highest BCUT2D eigenvalue weighted by Gasteiger charge is 2.32. The summed E-state index contributed by atoms with van der Waals surface area (Å²) in [4.78, 5) is 34.8. The third kappa shape index (κ3) is 6.89. The quantitative estimate of drug-likeness (QED) is 0.108. The standard InChI is InChI=1S/C24H26ClN5O8/c1-4-37-19-10-14(22-21(23(32)36-3)13(2)27-24(33)28-22)5-8-18(19)38-12-20(31)29-26-11-15-9-16(30(34)35)6-7-17(15)25/h5-11,20,22,29,31H,4,12H2,1-3H3,(H2,27,28,33)/b26-11-/t20-,22+/m0/s1. The molecule has 38 heavy (non-hydrogen) atoms. The fourth-order valence-electron chi connectivity index (χ4n) is 3.56. The third-order valence-corrected chi connectivity index (χ3v) is 5.63. The molecule has 0 saturated carbocycles. The first-order valence-corrected chi connectivity index (χ1v) is 11.7. The number of ether oxygens (including phenoxy) is 3. The van der Waals surface area contributed by atoms with Crippen molar-refractivity contribution in [1.82, 2.24) is 16.1 Å². The van der Waals surface area contributed by atoms with Gasteiger partial charge in [-0.05, 0) is 37.6 Å². The van der Waals surface area contributed by atoms with E-state index in [1.165, 1.54) is 31.5 Å². The molecule has 0 aromatic heterocycles. The Labute approximate surface area is 222 Å². The Balaban J connectivity index is 1.71. The van der Waals surface area contributed by atoms with Gasteiger partial charge in [-0.15, -0.1) is 0 Å². The first kappa shape index (κ1) is 28.2. The highest BCUT2D eigenvalue weighted by Crippen LogP contribution is 2.35. The molecule has 3 rings (SSSR count). The van der Waals surface area contributed by atoms with Crippen molar-refractivity contribution in [3.63, 3.8) is 0 Å². The number of allylic oxidation sites excluding steroid dienone is 1. The van der Waals surface area contributed by atoms with E-state index in [-0.39, 0.29) is 28.5 Å². The predicted octanol–water partition coefficient (Wildman–Crippen LogP) is 2.77. The monoisotopic (exact) mass is 547 g/mol. The van der Waals surface area contributed by atoms with E-state index in [0.29, 0.717) is 29.4 Å². The van der Waals surface area contributed by atoms with Crippen LogP contribution >= 0.6 is 11.6 Å². The fourth-order valence-corrected chi connectivity index (χ4v) is 3.72. The Bertz CT molecular complexity index is 1280. The van der Waals surface area contributed by atoms with Gasteiger partial charge in [0.05, 0.1) is 36.5 Å². The Morgan fingerprint density at radius 3 is 2.74 bits per heavy atom. The number of carbonyl (C=O) groups is 2. The number of aliphatic hydroxyl groups is 1. The second kappa shape index (κ2) is 12.7. The number of nitro groups is 1. The molecule has 1 aliphatic rings. The summed E-state index contributed by atoms with van der Waals surface area (Å²) in [7, 11) is 1.25. The number of hydrazone groups is 1. The van der Waals surface area contributed by atoms with Crippen molar-refractivity contribution in [2.24, 2.45) is 5.10 Å². The number of hydrogen-bond donors (Lipinski definition) is 4. The molecule has 0 saturated heterocycles. The van der Waals surface area contributed by atoms with E-state index in [2.05, 4.69) is 21.2 Å². The number of hydrogen-bond acceptors (Lipinski definition) is 10. The summed E-state index contributed by atoms with van der Waals surface area (Å²) in [6.07, 6.45) is -0.0150. The molecule has 0 aliphatic carbocycles. The molecule has 0 bridgehead atoms. The molecule has 0 radical (unpaired) electrons. The molecule has 4 N–H and O–H groups in total.